The molecule has 1 atom stereocenters. The Hall–Kier alpha value is -3.29. The van der Waals surface area contributed by atoms with Gasteiger partial charge in [0.25, 0.3) is 0 Å². The molecule has 4 rings (SSSR count). The number of hydrogen-bond acceptors (Lipinski definition) is 4. The second-order valence-corrected chi connectivity index (χ2v) is 7.48. The SMILES string of the molecule is COc1cccc(N2C[C@H](NC(=O)N3CCN(c4ccccc4F)CC3)CC2=O)c1. The van der Waals surface area contributed by atoms with Gasteiger partial charge in [-0.1, -0.05) is 18.2 Å². The second kappa shape index (κ2) is 8.61. The number of rotatable bonds is 4. The molecule has 2 heterocycles. The number of benzene rings is 2. The van der Waals surface area contributed by atoms with Gasteiger partial charge >= 0.3 is 6.03 Å². The molecular weight excluding hydrogens is 387 g/mol. The molecule has 0 radical (unpaired) electrons. The van der Waals surface area contributed by atoms with Crippen LogP contribution in [0.5, 0.6) is 5.75 Å². The van der Waals surface area contributed by atoms with Crippen molar-refractivity contribution in [3.05, 3.63) is 54.3 Å². The summed E-state index contributed by atoms with van der Waals surface area (Å²) in [5.74, 6) is 0.399. The molecule has 158 valence electrons. The van der Waals surface area contributed by atoms with Gasteiger partial charge in [0.1, 0.15) is 11.6 Å². The quantitative estimate of drug-likeness (QED) is 0.838. The number of ether oxygens (including phenoxy) is 1. The third-order valence-corrected chi connectivity index (χ3v) is 5.58. The van der Waals surface area contributed by atoms with Gasteiger partial charge in [0.2, 0.25) is 5.91 Å². The van der Waals surface area contributed by atoms with E-state index in [1.807, 2.05) is 35.2 Å². The van der Waals surface area contributed by atoms with Crippen LogP contribution in [0.3, 0.4) is 0 Å². The fourth-order valence-electron chi connectivity index (χ4n) is 3.96. The van der Waals surface area contributed by atoms with Gasteiger partial charge in [-0.15, -0.1) is 0 Å². The maximum atomic E-state index is 14.0. The Morgan fingerprint density at radius 3 is 2.60 bits per heavy atom. The lowest BCUT2D eigenvalue weighted by molar-refractivity contribution is -0.117. The van der Waals surface area contributed by atoms with Gasteiger partial charge < -0.3 is 24.8 Å². The van der Waals surface area contributed by atoms with Crippen LogP contribution >= 0.6 is 0 Å². The average Bonchev–Trinajstić information content (AvgIpc) is 3.14. The lowest BCUT2D eigenvalue weighted by Crippen LogP contribution is -2.54. The summed E-state index contributed by atoms with van der Waals surface area (Å²) in [7, 11) is 1.58. The largest absolute Gasteiger partial charge is 0.497 e. The Balaban J connectivity index is 1.31. The number of amides is 3. The van der Waals surface area contributed by atoms with Crippen LogP contribution in [0.25, 0.3) is 0 Å². The van der Waals surface area contributed by atoms with E-state index < -0.39 is 0 Å². The summed E-state index contributed by atoms with van der Waals surface area (Å²) >= 11 is 0. The van der Waals surface area contributed by atoms with Gasteiger partial charge in [0.05, 0.1) is 18.8 Å². The third-order valence-electron chi connectivity index (χ3n) is 5.58. The Bertz CT molecular complexity index is 930. The van der Waals surface area contributed by atoms with Crippen molar-refractivity contribution in [1.82, 2.24) is 10.2 Å². The van der Waals surface area contributed by atoms with E-state index in [1.54, 1.807) is 29.0 Å². The minimum absolute atomic E-state index is 0.0297. The Labute approximate surface area is 175 Å². The topological polar surface area (TPSA) is 65.1 Å². The molecule has 0 bridgehead atoms. The van der Waals surface area contributed by atoms with E-state index >= 15 is 0 Å². The van der Waals surface area contributed by atoms with Gasteiger partial charge in [-0.3, -0.25) is 4.79 Å². The fourth-order valence-corrected chi connectivity index (χ4v) is 3.96. The first kappa shape index (κ1) is 20.0. The number of para-hydroxylation sites is 1. The van der Waals surface area contributed by atoms with Crippen LogP contribution in [0.15, 0.2) is 48.5 Å². The maximum Gasteiger partial charge on any atom is 0.317 e. The highest BCUT2D eigenvalue weighted by molar-refractivity contribution is 5.97. The monoisotopic (exact) mass is 412 g/mol. The van der Waals surface area contributed by atoms with Crippen molar-refractivity contribution in [3.63, 3.8) is 0 Å². The first-order valence-electron chi connectivity index (χ1n) is 10.0. The summed E-state index contributed by atoms with van der Waals surface area (Å²) in [6.45, 7) is 2.55. The van der Waals surface area contributed by atoms with Crippen LogP contribution in [0, 0.1) is 5.82 Å². The van der Waals surface area contributed by atoms with E-state index in [0.717, 1.165) is 5.69 Å². The molecule has 2 aromatic carbocycles. The number of methoxy groups -OCH3 is 1. The fraction of sp³-hybridized carbons (Fsp3) is 0.364. The Morgan fingerprint density at radius 1 is 1.10 bits per heavy atom. The molecule has 3 amide bonds. The minimum atomic E-state index is -0.252. The van der Waals surface area contributed by atoms with E-state index in [9.17, 15) is 14.0 Å². The predicted octanol–water partition coefficient (Wildman–Crippen LogP) is 2.47. The summed E-state index contributed by atoms with van der Waals surface area (Å²) < 4.78 is 19.2. The molecule has 2 aliphatic rings. The lowest BCUT2D eigenvalue weighted by atomic mass is 10.2. The van der Waals surface area contributed by atoms with Crippen LogP contribution in [0.4, 0.5) is 20.6 Å². The Morgan fingerprint density at radius 2 is 1.87 bits per heavy atom. The summed E-state index contributed by atoms with van der Waals surface area (Å²) in [6.07, 6.45) is 0.262. The lowest BCUT2D eigenvalue weighted by Gasteiger charge is -2.36. The van der Waals surface area contributed by atoms with Crippen molar-refractivity contribution in [2.45, 2.75) is 12.5 Å². The molecule has 0 unspecified atom stereocenters. The van der Waals surface area contributed by atoms with Gasteiger partial charge in [0, 0.05) is 50.9 Å². The number of nitrogens with zero attached hydrogens (tertiary/aromatic N) is 3. The first-order chi connectivity index (χ1) is 14.5. The molecule has 1 N–H and O–H groups in total. The number of urea groups is 1. The highest BCUT2D eigenvalue weighted by Crippen LogP contribution is 2.26. The molecule has 0 aliphatic carbocycles. The van der Waals surface area contributed by atoms with Gasteiger partial charge in [-0.2, -0.15) is 0 Å². The molecular formula is C22H25FN4O3. The number of carbonyl (C=O) groups excluding carboxylic acids is 2. The number of halogens is 1. The smallest absolute Gasteiger partial charge is 0.317 e. The van der Waals surface area contributed by atoms with E-state index in [-0.39, 0.29) is 30.2 Å². The minimum Gasteiger partial charge on any atom is -0.497 e. The van der Waals surface area contributed by atoms with Crippen LogP contribution in [0.1, 0.15) is 6.42 Å². The zero-order valence-electron chi connectivity index (χ0n) is 16.9. The Kier molecular flexibility index (Phi) is 5.74. The predicted molar refractivity (Wildman–Crippen MR) is 112 cm³/mol. The third kappa shape index (κ3) is 4.17. The van der Waals surface area contributed by atoms with E-state index in [2.05, 4.69) is 5.32 Å². The normalized spacial score (nSPS) is 19.2. The van der Waals surface area contributed by atoms with Crippen molar-refractivity contribution in [2.75, 3.05) is 49.6 Å². The zero-order valence-corrected chi connectivity index (χ0v) is 16.9. The molecule has 0 saturated carbocycles. The molecule has 2 saturated heterocycles. The number of anilines is 2. The average molecular weight is 412 g/mol. The molecule has 0 aromatic heterocycles. The molecule has 2 aliphatic heterocycles. The number of piperazine rings is 1. The summed E-state index contributed by atoms with van der Waals surface area (Å²) in [4.78, 5) is 30.5. The molecule has 7 nitrogen and oxygen atoms in total. The molecule has 0 spiro atoms. The van der Waals surface area contributed by atoms with Crippen LogP contribution in [-0.2, 0) is 4.79 Å². The maximum absolute atomic E-state index is 14.0. The van der Waals surface area contributed by atoms with Gasteiger partial charge in [-0.25, -0.2) is 9.18 Å². The summed E-state index contributed by atoms with van der Waals surface area (Å²) in [5.41, 5.74) is 1.32. The highest BCUT2D eigenvalue weighted by atomic mass is 19.1. The number of nitrogens with one attached hydrogen (secondary N) is 1. The van der Waals surface area contributed by atoms with Crippen LogP contribution < -0.4 is 19.9 Å². The molecule has 2 aromatic rings. The van der Waals surface area contributed by atoms with Gasteiger partial charge in [0.15, 0.2) is 0 Å². The molecule has 8 heteroatoms. The molecule has 30 heavy (non-hydrogen) atoms. The molecule has 2 fully saturated rings. The zero-order chi connectivity index (χ0) is 21.1. The van der Waals surface area contributed by atoms with Crippen molar-refractivity contribution >= 4 is 23.3 Å². The van der Waals surface area contributed by atoms with Gasteiger partial charge in [-0.05, 0) is 24.3 Å². The van der Waals surface area contributed by atoms with Crippen molar-refractivity contribution in [3.8, 4) is 5.75 Å². The van der Waals surface area contributed by atoms with Crippen molar-refractivity contribution in [2.24, 2.45) is 0 Å². The highest BCUT2D eigenvalue weighted by Gasteiger charge is 2.33. The summed E-state index contributed by atoms with van der Waals surface area (Å²) in [5, 5.41) is 2.97. The van der Waals surface area contributed by atoms with E-state index in [4.69, 9.17) is 4.74 Å². The standard InChI is InChI=1S/C22H25FN4O3/c1-30-18-6-4-5-17(14-18)27-15-16(13-21(27)28)24-22(29)26-11-9-25(10-12-26)20-8-3-2-7-19(20)23/h2-8,14,16H,9-13,15H2,1H3,(H,24,29)/t16-/m1/s1. The van der Waals surface area contributed by atoms with E-state index in [1.165, 1.54) is 6.07 Å². The van der Waals surface area contributed by atoms with Crippen LogP contribution in [0.2, 0.25) is 0 Å². The second-order valence-electron chi connectivity index (χ2n) is 7.48. The van der Waals surface area contributed by atoms with Crippen LogP contribution in [-0.4, -0.2) is 62.7 Å². The van der Waals surface area contributed by atoms with Crippen molar-refractivity contribution in [1.29, 1.82) is 0 Å². The first-order valence-corrected chi connectivity index (χ1v) is 10.0. The van der Waals surface area contributed by atoms with E-state index in [0.29, 0.717) is 44.2 Å². The van der Waals surface area contributed by atoms with Crippen molar-refractivity contribution < 1.29 is 18.7 Å². The number of carbonyl (C=O) groups is 2. The number of hydrogen-bond donors (Lipinski definition) is 1. The summed E-state index contributed by atoms with van der Waals surface area (Å²) in [6, 6.07) is 13.6.